The van der Waals surface area contributed by atoms with Gasteiger partial charge in [0.25, 0.3) is 0 Å². The van der Waals surface area contributed by atoms with E-state index in [4.69, 9.17) is 9.26 Å². The van der Waals surface area contributed by atoms with Gasteiger partial charge in [-0.2, -0.15) is 0 Å². The molecule has 6 nitrogen and oxygen atoms in total. The molecule has 2 amide bonds. The molecule has 2 saturated carbocycles. The van der Waals surface area contributed by atoms with Crippen LogP contribution in [0.3, 0.4) is 0 Å². The van der Waals surface area contributed by atoms with Crippen LogP contribution in [0.2, 0.25) is 0 Å². The summed E-state index contributed by atoms with van der Waals surface area (Å²) >= 11 is 0. The number of methoxy groups -OCH3 is 1. The van der Waals surface area contributed by atoms with Gasteiger partial charge in [0.2, 0.25) is 0 Å². The van der Waals surface area contributed by atoms with Crippen LogP contribution in [0.25, 0.3) is 0 Å². The zero-order valence-corrected chi connectivity index (χ0v) is 12.0. The third-order valence-corrected chi connectivity index (χ3v) is 4.19. The van der Waals surface area contributed by atoms with Crippen LogP contribution >= 0.6 is 0 Å². The van der Waals surface area contributed by atoms with Crippen molar-refractivity contribution in [1.82, 2.24) is 10.5 Å². The molecule has 0 aromatic carbocycles. The van der Waals surface area contributed by atoms with E-state index in [-0.39, 0.29) is 11.6 Å². The van der Waals surface area contributed by atoms with Gasteiger partial charge in [0.15, 0.2) is 5.76 Å². The summed E-state index contributed by atoms with van der Waals surface area (Å²) < 4.78 is 10.5. The summed E-state index contributed by atoms with van der Waals surface area (Å²) in [5.41, 5.74) is 1.26. The van der Waals surface area contributed by atoms with E-state index in [1.807, 2.05) is 6.92 Å². The molecule has 0 atom stereocenters. The standard InChI is InChI=1S/C14H21N3O3/c1-9-11(12(20-17-9)10-4-5-10)15-13(18)16-14(8-19-2)6-3-7-14/h10H,3-8H2,1-2H3,(H2,15,16,18). The predicted octanol–water partition coefficient (Wildman–Crippen LogP) is 2.55. The van der Waals surface area contributed by atoms with Gasteiger partial charge in [0, 0.05) is 13.0 Å². The van der Waals surface area contributed by atoms with Gasteiger partial charge in [-0.15, -0.1) is 0 Å². The number of amides is 2. The molecule has 1 aromatic rings. The van der Waals surface area contributed by atoms with E-state index in [9.17, 15) is 4.79 Å². The molecule has 2 aliphatic carbocycles. The number of nitrogens with one attached hydrogen (secondary N) is 2. The van der Waals surface area contributed by atoms with Crippen molar-refractivity contribution in [2.24, 2.45) is 0 Å². The molecule has 1 heterocycles. The van der Waals surface area contributed by atoms with Crippen LogP contribution in [-0.4, -0.2) is 30.4 Å². The van der Waals surface area contributed by atoms with Crippen molar-refractivity contribution >= 4 is 11.7 Å². The summed E-state index contributed by atoms with van der Waals surface area (Å²) in [5, 5.41) is 9.89. The largest absolute Gasteiger partial charge is 0.382 e. The molecule has 1 aromatic heterocycles. The van der Waals surface area contributed by atoms with Gasteiger partial charge in [0.05, 0.1) is 12.1 Å². The molecule has 0 saturated heterocycles. The number of ether oxygens (including phenoxy) is 1. The number of carbonyl (C=O) groups excluding carboxylic acids is 1. The summed E-state index contributed by atoms with van der Waals surface area (Å²) in [6.07, 6.45) is 5.28. The maximum absolute atomic E-state index is 12.2. The maximum atomic E-state index is 12.2. The topological polar surface area (TPSA) is 76.4 Å². The average Bonchev–Trinajstić information content (AvgIpc) is 3.14. The highest BCUT2D eigenvalue weighted by atomic mass is 16.5. The van der Waals surface area contributed by atoms with Gasteiger partial charge in [-0.25, -0.2) is 4.79 Å². The van der Waals surface area contributed by atoms with Crippen molar-refractivity contribution in [2.75, 3.05) is 19.0 Å². The molecular weight excluding hydrogens is 258 g/mol. The molecule has 6 heteroatoms. The Kier molecular flexibility index (Phi) is 3.41. The first kappa shape index (κ1) is 13.4. The lowest BCUT2D eigenvalue weighted by molar-refractivity contribution is 0.0648. The van der Waals surface area contributed by atoms with Crippen molar-refractivity contribution in [3.63, 3.8) is 0 Å². The Bertz CT molecular complexity index is 504. The van der Waals surface area contributed by atoms with Gasteiger partial charge in [-0.05, 0) is 39.0 Å². The van der Waals surface area contributed by atoms with Crippen molar-refractivity contribution < 1.29 is 14.1 Å². The highest BCUT2D eigenvalue weighted by Crippen LogP contribution is 2.44. The summed E-state index contributed by atoms with van der Waals surface area (Å²) in [4.78, 5) is 12.2. The molecule has 2 fully saturated rings. The first-order valence-corrected chi connectivity index (χ1v) is 7.18. The van der Waals surface area contributed by atoms with E-state index >= 15 is 0 Å². The Morgan fingerprint density at radius 3 is 2.80 bits per heavy atom. The summed E-state index contributed by atoms with van der Waals surface area (Å²) in [6.45, 7) is 2.40. The van der Waals surface area contributed by atoms with Gasteiger partial charge < -0.3 is 19.9 Å². The molecule has 3 rings (SSSR count). The van der Waals surface area contributed by atoms with Crippen LogP contribution in [0.5, 0.6) is 0 Å². The van der Waals surface area contributed by atoms with E-state index < -0.39 is 0 Å². The number of anilines is 1. The molecule has 2 N–H and O–H groups in total. The lowest BCUT2D eigenvalue weighted by atomic mass is 9.77. The highest BCUT2D eigenvalue weighted by molar-refractivity contribution is 5.91. The number of aryl methyl sites for hydroxylation is 1. The summed E-state index contributed by atoms with van der Waals surface area (Å²) in [7, 11) is 1.66. The first-order valence-electron chi connectivity index (χ1n) is 7.18. The second-order valence-corrected chi connectivity index (χ2v) is 5.93. The Hall–Kier alpha value is -1.56. The highest BCUT2D eigenvalue weighted by Gasteiger charge is 2.39. The van der Waals surface area contributed by atoms with Crippen LogP contribution in [-0.2, 0) is 4.74 Å². The van der Waals surface area contributed by atoms with Crippen LogP contribution in [0.1, 0.15) is 49.5 Å². The van der Waals surface area contributed by atoms with E-state index in [1.165, 1.54) is 0 Å². The molecule has 0 radical (unpaired) electrons. The lowest BCUT2D eigenvalue weighted by Gasteiger charge is -2.41. The van der Waals surface area contributed by atoms with Crippen molar-refractivity contribution in [2.45, 2.75) is 50.5 Å². The molecular formula is C14H21N3O3. The predicted molar refractivity (Wildman–Crippen MR) is 73.8 cm³/mol. The molecule has 0 bridgehead atoms. The number of hydrogen-bond donors (Lipinski definition) is 2. The quantitative estimate of drug-likeness (QED) is 0.868. The minimum absolute atomic E-state index is 0.199. The molecule has 0 spiro atoms. The van der Waals surface area contributed by atoms with Gasteiger partial charge in [-0.3, -0.25) is 0 Å². The second kappa shape index (κ2) is 5.09. The monoisotopic (exact) mass is 279 g/mol. The van der Waals surface area contributed by atoms with Gasteiger partial charge in [-0.1, -0.05) is 5.16 Å². The Balaban J connectivity index is 1.65. The number of rotatable bonds is 5. The molecule has 0 aliphatic heterocycles. The minimum atomic E-state index is -0.205. The lowest BCUT2D eigenvalue weighted by Crippen LogP contribution is -2.57. The Labute approximate surface area is 118 Å². The zero-order valence-electron chi connectivity index (χ0n) is 12.0. The minimum Gasteiger partial charge on any atom is -0.382 e. The van der Waals surface area contributed by atoms with Crippen molar-refractivity contribution in [3.8, 4) is 0 Å². The molecule has 0 unspecified atom stereocenters. The number of aromatic nitrogens is 1. The second-order valence-electron chi connectivity index (χ2n) is 5.93. The Morgan fingerprint density at radius 2 is 2.25 bits per heavy atom. The average molecular weight is 279 g/mol. The van der Waals surface area contributed by atoms with Crippen LogP contribution in [0, 0.1) is 6.92 Å². The van der Waals surface area contributed by atoms with Crippen molar-refractivity contribution in [1.29, 1.82) is 0 Å². The zero-order chi connectivity index (χ0) is 14.2. The van der Waals surface area contributed by atoms with Crippen LogP contribution in [0.15, 0.2) is 4.52 Å². The normalized spacial score (nSPS) is 20.3. The van der Waals surface area contributed by atoms with Crippen LogP contribution < -0.4 is 10.6 Å². The fraction of sp³-hybridized carbons (Fsp3) is 0.714. The van der Waals surface area contributed by atoms with E-state index in [0.29, 0.717) is 12.5 Å². The van der Waals surface area contributed by atoms with Crippen molar-refractivity contribution in [3.05, 3.63) is 11.5 Å². The molecule has 110 valence electrons. The van der Waals surface area contributed by atoms with Gasteiger partial charge in [0.1, 0.15) is 11.4 Å². The smallest absolute Gasteiger partial charge is 0.319 e. The van der Waals surface area contributed by atoms with E-state index in [1.54, 1.807) is 7.11 Å². The number of nitrogens with zero attached hydrogens (tertiary/aromatic N) is 1. The first-order chi connectivity index (χ1) is 9.63. The van der Waals surface area contributed by atoms with Gasteiger partial charge >= 0.3 is 6.03 Å². The third-order valence-electron chi connectivity index (χ3n) is 4.19. The Morgan fingerprint density at radius 1 is 1.50 bits per heavy atom. The number of carbonyl (C=O) groups is 1. The third kappa shape index (κ3) is 2.52. The number of urea groups is 1. The maximum Gasteiger partial charge on any atom is 0.319 e. The van der Waals surface area contributed by atoms with E-state index in [0.717, 1.165) is 49.2 Å². The molecule has 2 aliphatic rings. The summed E-state index contributed by atoms with van der Waals surface area (Å²) in [5.74, 6) is 1.23. The fourth-order valence-corrected chi connectivity index (χ4v) is 2.73. The summed E-state index contributed by atoms with van der Waals surface area (Å²) in [6, 6.07) is -0.199. The SMILES string of the molecule is COCC1(NC(=O)Nc2c(C)noc2C2CC2)CCC1. The van der Waals surface area contributed by atoms with E-state index in [2.05, 4.69) is 15.8 Å². The van der Waals surface area contributed by atoms with Crippen LogP contribution in [0.4, 0.5) is 10.5 Å². The fourth-order valence-electron chi connectivity index (χ4n) is 2.73. The number of hydrogen-bond acceptors (Lipinski definition) is 4. The molecule has 20 heavy (non-hydrogen) atoms.